The van der Waals surface area contributed by atoms with Gasteiger partial charge in [-0.1, -0.05) is 19.1 Å². The Balaban J connectivity index is 2.27. The molecule has 1 aromatic rings. The van der Waals surface area contributed by atoms with Gasteiger partial charge in [0.05, 0.1) is 12.6 Å². The minimum Gasteiger partial charge on any atom is -0.496 e. The van der Waals surface area contributed by atoms with E-state index in [1.807, 2.05) is 0 Å². The van der Waals surface area contributed by atoms with Crippen LogP contribution in [-0.4, -0.2) is 27.2 Å². The number of hydrogen-bond acceptors (Lipinski definition) is 3. The van der Waals surface area contributed by atoms with Crippen molar-refractivity contribution in [1.29, 1.82) is 0 Å². The molecule has 0 amide bonds. The lowest BCUT2D eigenvalue weighted by molar-refractivity contribution is 0.216. The Labute approximate surface area is 109 Å². The molecule has 1 aliphatic rings. The van der Waals surface area contributed by atoms with Crippen molar-refractivity contribution < 1.29 is 4.74 Å². The Hall–Kier alpha value is -1.48. The smallest absolute Gasteiger partial charge is 0.114 e. The van der Waals surface area contributed by atoms with Crippen LogP contribution in [0.5, 0.6) is 0 Å². The van der Waals surface area contributed by atoms with Crippen LogP contribution in [0.25, 0.3) is 0 Å². The Bertz CT molecular complexity index is 426. The molecular formula is C15H22N2O. The molecule has 0 bridgehead atoms. The first-order valence-electron chi connectivity index (χ1n) is 6.56. The van der Waals surface area contributed by atoms with Crippen molar-refractivity contribution in [3.05, 3.63) is 41.7 Å². The topological polar surface area (TPSA) is 24.5 Å². The number of ether oxygens (including phenoxy) is 1. The maximum Gasteiger partial charge on any atom is 0.114 e. The van der Waals surface area contributed by atoms with Crippen LogP contribution in [0, 0.1) is 0 Å². The zero-order valence-corrected chi connectivity index (χ0v) is 11.4. The van der Waals surface area contributed by atoms with Gasteiger partial charge in [0, 0.05) is 26.2 Å². The summed E-state index contributed by atoms with van der Waals surface area (Å²) in [5.74, 6) is 1.06. The molecule has 0 saturated heterocycles. The second-order valence-electron chi connectivity index (χ2n) is 4.72. The van der Waals surface area contributed by atoms with Crippen molar-refractivity contribution in [2.24, 2.45) is 0 Å². The molecule has 1 N–H and O–H groups in total. The molecule has 98 valence electrons. The zero-order valence-electron chi connectivity index (χ0n) is 11.4. The van der Waals surface area contributed by atoms with Gasteiger partial charge >= 0.3 is 0 Å². The van der Waals surface area contributed by atoms with Crippen LogP contribution in [0.15, 0.2) is 36.1 Å². The largest absolute Gasteiger partial charge is 0.496 e. The summed E-state index contributed by atoms with van der Waals surface area (Å²) < 4.78 is 5.71. The summed E-state index contributed by atoms with van der Waals surface area (Å²) in [6.07, 6.45) is 3.21. The standard InChI is InChI=1S/C15H22N2O/c1-4-16-15(14-9-6-10-18-14)12-7-5-8-13(11-12)17(2)3/h5,7-9,11,15-16H,4,6,10H2,1-3H3. The molecule has 0 radical (unpaired) electrons. The van der Waals surface area contributed by atoms with E-state index in [1.165, 1.54) is 11.3 Å². The van der Waals surface area contributed by atoms with Crippen LogP contribution in [0.4, 0.5) is 5.69 Å². The van der Waals surface area contributed by atoms with E-state index in [0.29, 0.717) is 0 Å². The van der Waals surface area contributed by atoms with E-state index in [1.54, 1.807) is 0 Å². The van der Waals surface area contributed by atoms with Crippen LogP contribution < -0.4 is 10.2 Å². The molecule has 0 saturated carbocycles. The number of hydrogen-bond donors (Lipinski definition) is 1. The van der Waals surface area contributed by atoms with Gasteiger partial charge in [-0.15, -0.1) is 0 Å². The molecule has 2 rings (SSSR count). The summed E-state index contributed by atoms with van der Waals surface area (Å²) >= 11 is 0. The van der Waals surface area contributed by atoms with E-state index in [4.69, 9.17) is 4.74 Å². The molecule has 1 atom stereocenters. The molecule has 1 aromatic carbocycles. The number of nitrogens with zero attached hydrogens (tertiary/aromatic N) is 1. The Morgan fingerprint density at radius 3 is 2.83 bits per heavy atom. The lowest BCUT2D eigenvalue weighted by Gasteiger charge is -2.21. The molecule has 3 heteroatoms. The second kappa shape index (κ2) is 5.91. The second-order valence-corrected chi connectivity index (χ2v) is 4.72. The molecule has 0 aliphatic carbocycles. The van der Waals surface area contributed by atoms with Crippen LogP contribution in [0.2, 0.25) is 0 Å². The lowest BCUT2D eigenvalue weighted by Crippen LogP contribution is -2.23. The highest BCUT2D eigenvalue weighted by Crippen LogP contribution is 2.28. The number of benzene rings is 1. The van der Waals surface area contributed by atoms with Crippen LogP contribution >= 0.6 is 0 Å². The third-order valence-corrected chi connectivity index (χ3v) is 3.14. The van der Waals surface area contributed by atoms with Gasteiger partial charge < -0.3 is 15.0 Å². The van der Waals surface area contributed by atoms with Crippen molar-refractivity contribution in [1.82, 2.24) is 5.32 Å². The molecule has 0 aromatic heterocycles. The van der Waals surface area contributed by atoms with E-state index >= 15 is 0 Å². The average Bonchev–Trinajstić information content (AvgIpc) is 2.89. The molecular weight excluding hydrogens is 224 g/mol. The van der Waals surface area contributed by atoms with E-state index < -0.39 is 0 Å². The van der Waals surface area contributed by atoms with Gasteiger partial charge in [0.25, 0.3) is 0 Å². The predicted molar refractivity (Wildman–Crippen MR) is 75.8 cm³/mol. The first kappa shape index (κ1) is 13.0. The third kappa shape index (κ3) is 2.85. The van der Waals surface area contributed by atoms with Gasteiger partial charge in [0.2, 0.25) is 0 Å². The number of rotatable bonds is 5. The summed E-state index contributed by atoms with van der Waals surface area (Å²) in [5.41, 5.74) is 2.48. The van der Waals surface area contributed by atoms with Gasteiger partial charge in [0.1, 0.15) is 5.76 Å². The van der Waals surface area contributed by atoms with E-state index in [0.717, 1.165) is 25.3 Å². The molecule has 18 heavy (non-hydrogen) atoms. The van der Waals surface area contributed by atoms with Crippen molar-refractivity contribution in [2.75, 3.05) is 32.1 Å². The van der Waals surface area contributed by atoms with E-state index in [-0.39, 0.29) is 6.04 Å². The fraction of sp³-hybridized carbons (Fsp3) is 0.467. The Kier molecular flexibility index (Phi) is 4.26. The van der Waals surface area contributed by atoms with Gasteiger partial charge in [-0.05, 0) is 30.3 Å². The Morgan fingerprint density at radius 1 is 1.39 bits per heavy atom. The quantitative estimate of drug-likeness (QED) is 0.864. The highest BCUT2D eigenvalue weighted by atomic mass is 16.5. The summed E-state index contributed by atoms with van der Waals surface area (Å²) in [6.45, 7) is 3.86. The van der Waals surface area contributed by atoms with Gasteiger partial charge in [-0.3, -0.25) is 0 Å². The highest BCUT2D eigenvalue weighted by molar-refractivity contribution is 5.48. The fourth-order valence-electron chi connectivity index (χ4n) is 2.21. The maximum absolute atomic E-state index is 5.71. The third-order valence-electron chi connectivity index (χ3n) is 3.14. The Morgan fingerprint density at radius 2 is 2.22 bits per heavy atom. The van der Waals surface area contributed by atoms with Crippen LogP contribution in [0.3, 0.4) is 0 Å². The fourth-order valence-corrected chi connectivity index (χ4v) is 2.21. The van der Waals surface area contributed by atoms with Gasteiger partial charge in [-0.25, -0.2) is 0 Å². The number of anilines is 1. The molecule has 0 spiro atoms. The molecule has 1 aliphatic heterocycles. The summed E-state index contributed by atoms with van der Waals surface area (Å²) in [5, 5.41) is 3.50. The number of likely N-dealkylation sites (N-methyl/N-ethyl adjacent to an activating group) is 1. The van der Waals surface area contributed by atoms with Gasteiger partial charge in [0.15, 0.2) is 0 Å². The summed E-state index contributed by atoms with van der Waals surface area (Å²) in [4.78, 5) is 2.12. The van der Waals surface area contributed by atoms with E-state index in [2.05, 4.69) is 61.6 Å². The number of nitrogens with one attached hydrogen (secondary N) is 1. The molecule has 1 unspecified atom stereocenters. The van der Waals surface area contributed by atoms with Crippen LogP contribution in [-0.2, 0) is 4.74 Å². The van der Waals surface area contributed by atoms with Crippen LogP contribution in [0.1, 0.15) is 24.9 Å². The molecule has 0 fully saturated rings. The zero-order chi connectivity index (χ0) is 13.0. The van der Waals surface area contributed by atoms with Crippen molar-refractivity contribution in [3.63, 3.8) is 0 Å². The minimum atomic E-state index is 0.178. The van der Waals surface area contributed by atoms with Crippen molar-refractivity contribution >= 4 is 5.69 Å². The monoisotopic (exact) mass is 246 g/mol. The minimum absolute atomic E-state index is 0.178. The predicted octanol–water partition coefficient (Wildman–Crippen LogP) is 2.71. The SMILES string of the molecule is CCNC(C1=CCCO1)c1cccc(N(C)C)c1. The van der Waals surface area contributed by atoms with Crippen molar-refractivity contribution in [2.45, 2.75) is 19.4 Å². The summed E-state index contributed by atoms with van der Waals surface area (Å²) in [7, 11) is 4.12. The molecule has 3 nitrogen and oxygen atoms in total. The lowest BCUT2D eigenvalue weighted by atomic mass is 10.0. The first-order valence-corrected chi connectivity index (χ1v) is 6.56. The van der Waals surface area contributed by atoms with Crippen molar-refractivity contribution in [3.8, 4) is 0 Å². The maximum atomic E-state index is 5.71. The average molecular weight is 246 g/mol. The summed E-state index contributed by atoms with van der Waals surface area (Å²) in [6, 6.07) is 8.77. The first-order chi connectivity index (χ1) is 8.72. The normalized spacial score (nSPS) is 16.1. The van der Waals surface area contributed by atoms with E-state index in [9.17, 15) is 0 Å². The van der Waals surface area contributed by atoms with Gasteiger partial charge in [-0.2, -0.15) is 0 Å². The highest BCUT2D eigenvalue weighted by Gasteiger charge is 2.20. The molecule has 1 heterocycles.